The zero-order valence-corrected chi connectivity index (χ0v) is 11.8. The number of carbonyl (C=O) groups excluding carboxylic acids is 1. The molecule has 3 aromatic rings. The molecule has 0 aliphatic carbocycles. The minimum atomic E-state index is -0.390. The van der Waals surface area contributed by atoms with Gasteiger partial charge >= 0.3 is 0 Å². The lowest BCUT2D eigenvalue weighted by Crippen LogP contribution is -2.23. The molecule has 20 heavy (non-hydrogen) atoms. The van der Waals surface area contributed by atoms with Crippen molar-refractivity contribution in [2.75, 3.05) is 0 Å². The lowest BCUT2D eigenvalue weighted by atomic mass is 10.3. The van der Waals surface area contributed by atoms with Crippen molar-refractivity contribution in [1.29, 1.82) is 0 Å². The molecular formula is C13H12N4O2S. The molecule has 0 saturated carbocycles. The first kappa shape index (κ1) is 12.6. The van der Waals surface area contributed by atoms with Crippen LogP contribution in [0.25, 0.3) is 10.2 Å². The average Bonchev–Trinajstić information content (AvgIpc) is 3.01. The maximum Gasteiger partial charge on any atom is 0.293 e. The van der Waals surface area contributed by atoms with Crippen molar-refractivity contribution >= 4 is 27.5 Å². The second-order valence-corrected chi connectivity index (χ2v) is 5.30. The van der Waals surface area contributed by atoms with Crippen LogP contribution < -0.4 is 10.2 Å². The number of aryl methyl sites for hydroxylation is 2. The maximum atomic E-state index is 11.8. The van der Waals surface area contributed by atoms with E-state index < -0.39 is 0 Å². The van der Waals surface area contributed by atoms with Gasteiger partial charge < -0.3 is 9.09 Å². The second-order valence-electron chi connectivity index (χ2n) is 4.29. The highest BCUT2D eigenvalue weighted by atomic mass is 32.1. The molecule has 102 valence electrons. The minimum Gasteiger partial charge on any atom is -0.361 e. The highest BCUT2D eigenvalue weighted by Crippen LogP contribution is 2.14. The molecule has 2 heterocycles. The zero-order chi connectivity index (χ0) is 14.1. The normalized spacial score (nSPS) is 12.0. The van der Waals surface area contributed by atoms with Gasteiger partial charge in [-0.3, -0.25) is 4.79 Å². The summed E-state index contributed by atoms with van der Waals surface area (Å²) in [6.45, 7) is 1.73. The number of benzene rings is 1. The molecule has 1 amide bonds. The Morgan fingerprint density at radius 1 is 1.45 bits per heavy atom. The summed E-state index contributed by atoms with van der Waals surface area (Å²) in [5.41, 5.74) is 3.77. The third-order valence-corrected chi connectivity index (χ3v) is 3.94. The van der Waals surface area contributed by atoms with E-state index in [1.165, 1.54) is 11.3 Å². The Bertz CT molecular complexity index is 843. The quantitative estimate of drug-likeness (QED) is 0.731. The van der Waals surface area contributed by atoms with E-state index in [-0.39, 0.29) is 11.6 Å². The Morgan fingerprint density at radius 2 is 2.25 bits per heavy atom. The fourth-order valence-corrected chi connectivity index (χ4v) is 2.80. The first-order chi connectivity index (χ1) is 9.65. The third kappa shape index (κ3) is 2.23. The summed E-state index contributed by atoms with van der Waals surface area (Å²) in [5.74, 6) is 0.196. The van der Waals surface area contributed by atoms with Crippen molar-refractivity contribution in [3.63, 3.8) is 0 Å². The lowest BCUT2D eigenvalue weighted by Gasteiger charge is -1.95. The fourth-order valence-electron chi connectivity index (χ4n) is 1.82. The third-order valence-electron chi connectivity index (χ3n) is 2.83. The number of rotatable bonds is 2. The minimum absolute atomic E-state index is 0.218. The number of aromatic nitrogens is 2. The van der Waals surface area contributed by atoms with Crippen LogP contribution in [-0.4, -0.2) is 15.6 Å². The van der Waals surface area contributed by atoms with Gasteiger partial charge in [0, 0.05) is 13.1 Å². The van der Waals surface area contributed by atoms with Crippen LogP contribution in [0.1, 0.15) is 16.2 Å². The van der Waals surface area contributed by atoms with Crippen LogP contribution in [0.3, 0.4) is 0 Å². The maximum absolute atomic E-state index is 11.8. The Hall–Kier alpha value is -2.41. The van der Waals surface area contributed by atoms with E-state index in [0.717, 1.165) is 10.2 Å². The Balaban J connectivity index is 1.91. The van der Waals surface area contributed by atoms with Crippen molar-refractivity contribution in [1.82, 2.24) is 15.1 Å². The van der Waals surface area contributed by atoms with E-state index in [2.05, 4.69) is 15.7 Å². The number of thiazole rings is 1. The smallest absolute Gasteiger partial charge is 0.293 e. The molecule has 0 unspecified atom stereocenters. The van der Waals surface area contributed by atoms with Gasteiger partial charge in [0.25, 0.3) is 5.91 Å². The summed E-state index contributed by atoms with van der Waals surface area (Å²) in [4.78, 5) is 12.5. The number of nitrogens with zero attached hydrogens (tertiary/aromatic N) is 3. The largest absolute Gasteiger partial charge is 0.361 e. The molecule has 0 bridgehead atoms. The molecule has 0 spiro atoms. The summed E-state index contributed by atoms with van der Waals surface area (Å²) >= 11 is 1.50. The topological polar surface area (TPSA) is 72.4 Å². The first-order valence-electron chi connectivity index (χ1n) is 5.97. The van der Waals surface area contributed by atoms with Crippen molar-refractivity contribution in [3.8, 4) is 0 Å². The van der Waals surface area contributed by atoms with E-state index in [1.54, 1.807) is 13.0 Å². The average molecular weight is 288 g/mol. The number of fused-ring (bicyclic) bond motifs is 1. The van der Waals surface area contributed by atoms with Gasteiger partial charge in [-0.15, -0.1) is 5.10 Å². The molecule has 0 aliphatic heterocycles. The molecule has 6 nitrogen and oxygen atoms in total. The van der Waals surface area contributed by atoms with Crippen LogP contribution in [0.5, 0.6) is 0 Å². The van der Waals surface area contributed by atoms with Gasteiger partial charge in [-0.05, 0) is 19.1 Å². The van der Waals surface area contributed by atoms with Gasteiger partial charge in [0.05, 0.1) is 10.2 Å². The fraction of sp³-hybridized carbons (Fsp3) is 0.154. The summed E-state index contributed by atoms with van der Waals surface area (Å²) in [6.07, 6.45) is 0. The van der Waals surface area contributed by atoms with Crippen LogP contribution in [-0.2, 0) is 7.05 Å². The molecule has 0 saturated heterocycles. The van der Waals surface area contributed by atoms with E-state index in [4.69, 9.17) is 4.52 Å². The van der Waals surface area contributed by atoms with E-state index >= 15 is 0 Å². The SMILES string of the molecule is Cc1cc(C(=O)NN=c2sc3ccccc3n2C)no1. The molecule has 0 radical (unpaired) electrons. The lowest BCUT2D eigenvalue weighted by molar-refractivity contribution is 0.0944. The van der Waals surface area contributed by atoms with Gasteiger partial charge in [-0.2, -0.15) is 0 Å². The van der Waals surface area contributed by atoms with Gasteiger partial charge in [0.1, 0.15) is 5.76 Å². The Labute approximate surface area is 118 Å². The zero-order valence-electron chi connectivity index (χ0n) is 11.0. The Kier molecular flexibility index (Phi) is 3.11. The van der Waals surface area contributed by atoms with Crippen LogP contribution in [0, 0.1) is 6.92 Å². The standard InChI is InChI=1S/C13H12N4O2S/c1-8-7-9(16-19-8)12(18)14-15-13-17(2)10-5-3-4-6-11(10)20-13/h3-7H,1-2H3,(H,14,18). The number of para-hydroxylation sites is 1. The van der Waals surface area contributed by atoms with E-state index in [1.807, 2.05) is 35.9 Å². The van der Waals surface area contributed by atoms with Crippen molar-refractivity contribution < 1.29 is 9.32 Å². The molecule has 1 N–H and O–H groups in total. The van der Waals surface area contributed by atoms with E-state index in [0.29, 0.717) is 10.6 Å². The molecule has 0 aliphatic rings. The predicted molar refractivity (Wildman–Crippen MR) is 75.1 cm³/mol. The summed E-state index contributed by atoms with van der Waals surface area (Å²) in [5, 5.41) is 7.77. The number of hydrogen-bond acceptors (Lipinski definition) is 5. The first-order valence-corrected chi connectivity index (χ1v) is 6.79. The predicted octanol–water partition coefficient (Wildman–Crippen LogP) is 1.78. The van der Waals surface area contributed by atoms with Gasteiger partial charge in [-0.25, -0.2) is 5.43 Å². The van der Waals surface area contributed by atoms with Crippen molar-refractivity contribution in [2.24, 2.45) is 12.1 Å². The Morgan fingerprint density at radius 3 is 2.95 bits per heavy atom. The number of hydrogen-bond donors (Lipinski definition) is 1. The van der Waals surface area contributed by atoms with Crippen LogP contribution in [0.4, 0.5) is 0 Å². The highest BCUT2D eigenvalue weighted by molar-refractivity contribution is 7.16. The van der Waals surface area contributed by atoms with Crippen LogP contribution in [0.15, 0.2) is 40.0 Å². The number of nitrogens with one attached hydrogen (secondary N) is 1. The molecule has 1 aromatic carbocycles. The molecule has 7 heteroatoms. The van der Waals surface area contributed by atoms with Crippen molar-refractivity contribution in [2.45, 2.75) is 6.92 Å². The summed E-state index contributed by atoms with van der Waals surface area (Å²) in [6, 6.07) is 9.53. The summed E-state index contributed by atoms with van der Waals surface area (Å²) in [7, 11) is 1.91. The summed E-state index contributed by atoms with van der Waals surface area (Å²) < 4.78 is 7.89. The molecule has 3 rings (SSSR count). The molecule has 2 aromatic heterocycles. The van der Waals surface area contributed by atoms with Crippen molar-refractivity contribution in [3.05, 3.63) is 46.6 Å². The highest BCUT2D eigenvalue weighted by Gasteiger charge is 2.10. The van der Waals surface area contributed by atoms with E-state index in [9.17, 15) is 4.79 Å². The number of amides is 1. The van der Waals surface area contributed by atoms with Crippen LogP contribution in [0.2, 0.25) is 0 Å². The monoisotopic (exact) mass is 288 g/mol. The second kappa shape index (κ2) is 4.93. The molecule has 0 atom stereocenters. The number of carbonyl (C=O) groups is 1. The van der Waals surface area contributed by atoms with Crippen LogP contribution >= 0.6 is 11.3 Å². The van der Waals surface area contributed by atoms with Gasteiger partial charge in [0.15, 0.2) is 5.69 Å². The molecular weight excluding hydrogens is 276 g/mol. The van der Waals surface area contributed by atoms with Gasteiger partial charge in [-0.1, -0.05) is 28.6 Å². The molecule has 0 fully saturated rings. The van der Waals surface area contributed by atoms with Gasteiger partial charge in [0.2, 0.25) is 4.80 Å².